The minimum Gasteiger partial charge on any atom is -0.282 e. The molecular formula is C24H22N4O18S4. The van der Waals surface area contributed by atoms with E-state index in [0.29, 0.717) is 34.1 Å². The van der Waals surface area contributed by atoms with Crippen LogP contribution < -0.4 is 10.6 Å². The molecule has 0 spiro atoms. The van der Waals surface area contributed by atoms with Crippen molar-refractivity contribution >= 4 is 76.2 Å². The van der Waals surface area contributed by atoms with E-state index in [1.54, 1.807) is 0 Å². The number of carbonyl (C=O) groups is 6. The molecule has 2 aliphatic heterocycles. The summed E-state index contributed by atoms with van der Waals surface area (Å²) in [5.41, 5.74) is -0.469. The SMILES string of the molecule is O=C1NC(=O)N(CCN2C(=O)NC(=O)C(Cc3ccc(S(=O)(=O)O)c(S(=O)(=O)O)c3)C2=O)C(=O)C1Cc1ccc(S(=O)(=O)O)c(S(=O)(=O)O)c1. The summed E-state index contributed by atoms with van der Waals surface area (Å²) in [7, 11) is -20.8. The molecule has 2 saturated heterocycles. The predicted molar refractivity (Wildman–Crippen MR) is 157 cm³/mol. The van der Waals surface area contributed by atoms with E-state index in [0.717, 1.165) is 12.1 Å². The Labute approximate surface area is 281 Å². The molecule has 50 heavy (non-hydrogen) atoms. The highest BCUT2D eigenvalue weighted by Gasteiger charge is 2.44. The first-order valence-electron chi connectivity index (χ1n) is 13.3. The molecule has 2 atom stereocenters. The molecule has 8 amide bonds. The summed E-state index contributed by atoms with van der Waals surface area (Å²) >= 11 is 0. The number of rotatable bonds is 11. The van der Waals surface area contributed by atoms with Gasteiger partial charge in [-0.3, -0.25) is 57.8 Å². The average molecular weight is 783 g/mol. The zero-order chi connectivity index (χ0) is 37.7. The van der Waals surface area contributed by atoms with Crippen molar-refractivity contribution in [2.75, 3.05) is 13.1 Å². The van der Waals surface area contributed by atoms with Gasteiger partial charge >= 0.3 is 12.1 Å². The van der Waals surface area contributed by atoms with Gasteiger partial charge in [-0.1, -0.05) is 12.1 Å². The molecule has 2 heterocycles. The molecule has 22 nitrogen and oxygen atoms in total. The average Bonchev–Trinajstić information content (AvgIpc) is 2.96. The Bertz CT molecular complexity index is 2160. The van der Waals surface area contributed by atoms with Gasteiger partial charge in [-0.25, -0.2) is 9.59 Å². The highest BCUT2D eigenvalue weighted by atomic mass is 32.2. The second-order valence-electron chi connectivity index (χ2n) is 10.5. The number of imide groups is 4. The van der Waals surface area contributed by atoms with Crippen LogP contribution in [-0.2, 0) is 72.5 Å². The fraction of sp³-hybridized carbons (Fsp3) is 0.250. The van der Waals surface area contributed by atoms with Gasteiger partial charge in [-0.05, 0) is 48.2 Å². The second-order valence-corrected chi connectivity index (χ2v) is 16.1. The van der Waals surface area contributed by atoms with Gasteiger partial charge in [0.05, 0.1) is 0 Å². The van der Waals surface area contributed by atoms with E-state index >= 15 is 0 Å². The topological polar surface area (TPSA) is 350 Å². The van der Waals surface area contributed by atoms with Crippen LogP contribution in [0.4, 0.5) is 9.59 Å². The van der Waals surface area contributed by atoms with Crippen molar-refractivity contribution in [1.29, 1.82) is 0 Å². The first kappa shape index (κ1) is 38.1. The Hall–Kier alpha value is -4.70. The molecule has 2 aliphatic rings. The molecule has 2 aromatic rings. The van der Waals surface area contributed by atoms with Crippen molar-refractivity contribution in [3.05, 3.63) is 47.5 Å². The van der Waals surface area contributed by atoms with E-state index in [4.69, 9.17) is 0 Å². The lowest BCUT2D eigenvalue weighted by molar-refractivity contribution is -0.146. The van der Waals surface area contributed by atoms with Gasteiger partial charge in [0.25, 0.3) is 40.5 Å². The van der Waals surface area contributed by atoms with Crippen molar-refractivity contribution in [2.45, 2.75) is 32.4 Å². The fourth-order valence-electron chi connectivity index (χ4n) is 4.96. The molecule has 2 unspecified atom stereocenters. The Kier molecular flexibility index (Phi) is 10.1. The maximum atomic E-state index is 13.2. The van der Waals surface area contributed by atoms with Gasteiger partial charge in [-0.2, -0.15) is 33.7 Å². The van der Waals surface area contributed by atoms with Crippen LogP contribution in [0.25, 0.3) is 0 Å². The predicted octanol–water partition coefficient (Wildman–Crippen LogP) is -2.15. The zero-order valence-corrected chi connectivity index (χ0v) is 27.7. The first-order valence-corrected chi connectivity index (χ1v) is 19.0. The van der Waals surface area contributed by atoms with Crippen molar-refractivity contribution in [3.63, 3.8) is 0 Å². The minimum atomic E-state index is -5.26. The number of carbonyl (C=O) groups excluding carboxylic acids is 6. The number of hydrogen-bond acceptors (Lipinski definition) is 14. The van der Waals surface area contributed by atoms with E-state index < -0.39 is 134 Å². The minimum absolute atomic E-state index is 0.235. The van der Waals surface area contributed by atoms with Gasteiger partial charge in [0, 0.05) is 13.1 Å². The molecular weight excluding hydrogens is 761 g/mol. The molecule has 0 aliphatic carbocycles. The summed E-state index contributed by atoms with van der Waals surface area (Å²) in [6, 6.07) is 1.45. The molecule has 270 valence electrons. The third-order valence-electron chi connectivity index (χ3n) is 7.27. The van der Waals surface area contributed by atoms with Crippen molar-refractivity contribution < 1.29 is 80.6 Å². The molecule has 2 fully saturated rings. The normalized spacial score (nSPS) is 19.4. The summed E-state index contributed by atoms with van der Waals surface area (Å²) in [4.78, 5) is 72.4. The largest absolute Gasteiger partial charge is 0.330 e. The van der Waals surface area contributed by atoms with Crippen molar-refractivity contribution in [3.8, 4) is 0 Å². The zero-order valence-electron chi connectivity index (χ0n) is 24.5. The van der Waals surface area contributed by atoms with Crippen LogP contribution in [0.1, 0.15) is 11.1 Å². The van der Waals surface area contributed by atoms with Gasteiger partial charge in [0.15, 0.2) is 0 Å². The van der Waals surface area contributed by atoms with E-state index in [9.17, 15) is 80.6 Å². The number of urea groups is 2. The smallest absolute Gasteiger partial charge is 0.282 e. The fourth-order valence-corrected chi connectivity index (χ4v) is 8.58. The Morgan fingerprint density at radius 2 is 0.800 bits per heavy atom. The molecule has 0 saturated carbocycles. The maximum absolute atomic E-state index is 13.2. The van der Waals surface area contributed by atoms with Crippen LogP contribution in [0.15, 0.2) is 56.0 Å². The van der Waals surface area contributed by atoms with E-state index in [1.807, 2.05) is 10.6 Å². The highest BCUT2D eigenvalue weighted by molar-refractivity contribution is 7.89. The number of nitrogens with zero attached hydrogens (tertiary/aromatic N) is 2. The summed E-state index contributed by atoms with van der Waals surface area (Å²) in [5, 5.41) is 3.67. The van der Waals surface area contributed by atoms with Gasteiger partial charge in [0.1, 0.15) is 31.4 Å². The van der Waals surface area contributed by atoms with E-state index in [2.05, 4.69) is 0 Å². The standard InChI is InChI=1S/C24H22N4O18S4/c29-19-13(7-11-1-3-15(47(35,36)37)17(9-11)49(41,42)43)21(31)27(23(33)25-19)5-6-28-22(32)14(20(30)26-24(28)34)8-12-2-4-16(48(38,39)40)18(10-12)50(44,45)46/h1-4,9-10,13-14H,5-8H2,(H,25,29,33)(H,26,30,34)(H,35,36,37)(H,38,39,40)(H,41,42,43)(H,44,45,46). The number of benzene rings is 2. The van der Waals surface area contributed by atoms with Crippen LogP contribution in [0.2, 0.25) is 0 Å². The highest BCUT2D eigenvalue weighted by Crippen LogP contribution is 2.27. The monoisotopic (exact) mass is 782 g/mol. The van der Waals surface area contributed by atoms with E-state index in [1.165, 1.54) is 0 Å². The summed E-state index contributed by atoms with van der Waals surface area (Å²) < 4.78 is 131. The Morgan fingerprint density at radius 1 is 0.500 bits per heavy atom. The lowest BCUT2D eigenvalue weighted by atomic mass is 9.95. The molecule has 2 aromatic carbocycles. The van der Waals surface area contributed by atoms with Crippen LogP contribution >= 0.6 is 0 Å². The number of amides is 8. The summed E-state index contributed by atoms with van der Waals surface area (Å²) in [6.07, 6.45) is -1.38. The Morgan fingerprint density at radius 3 is 1.08 bits per heavy atom. The second kappa shape index (κ2) is 13.2. The molecule has 0 radical (unpaired) electrons. The molecule has 0 aromatic heterocycles. The molecule has 4 rings (SSSR count). The van der Waals surface area contributed by atoms with Gasteiger partial charge < -0.3 is 0 Å². The lowest BCUT2D eigenvalue weighted by Crippen LogP contribution is -2.62. The third-order valence-corrected chi connectivity index (χ3v) is 11.1. The molecule has 26 heteroatoms. The van der Waals surface area contributed by atoms with Crippen LogP contribution in [-0.4, -0.2) is 110 Å². The van der Waals surface area contributed by atoms with Crippen LogP contribution in [0.3, 0.4) is 0 Å². The molecule has 0 bridgehead atoms. The molecule has 6 N–H and O–H groups in total. The number of hydrogen-bond donors (Lipinski definition) is 6. The summed E-state index contributed by atoms with van der Waals surface area (Å²) in [5.74, 6) is -8.43. The Balaban J connectivity index is 1.55. The lowest BCUT2D eigenvalue weighted by Gasteiger charge is -2.34. The summed E-state index contributed by atoms with van der Waals surface area (Å²) in [6.45, 7) is -1.58. The quantitative estimate of drug-likeness (QED) is 0.104. The van der Waals surface area contributed by atoms with Crippen molar-refractivity contribution in [1.82, 2.24) is 20.4 Å². The van der Waals surface area contributed by atoms with Crippen molar-refractivity contribution in [2.24, 2.45) is 11.8 Å². The number of barbiturate groups is 2. The van der Waals surface area contributed by atoms with Gasteiger partial charge in [-0.15, -0.1) is 0 Å². The van der Waals surface area contributed by atoms with Crippen LogP contribution in [0, 0.1) is 11.8 Å². The number of nitrogens with one attached hydrogen (secondary N) is 2. The van der Waals surface area contributed by atoms with E-state index in [-0.39, 0.29) is 11.1 Å². The maximum Gasteiger partial charge on any atom is 0.330 e. The van der Waals surface area contributed by atoms with Crippen LogP contribution in [0.5, 0.6) is 0 Å². The third kappa shape index (κ3) is 8.02. The van der Waals surface area contributed by atoms with Gasteiger partial charge in [0.2, 0.25) is 23.6 Å². The first-order chi connectivity index (χ1) is 22.8.